The highest BCUT2D eigenvalue weighted by molar-refractivity contribution is 5.72. The highest BCUT2D eigenvalue weighted by Crippen LogP contribution is 2.22. The topological polar surface area (TPSA) is 122 Å². The normalized spacial score (nSPS) is 11.1. The Morgan fingerprint density at radius 3 is 1.46 bits per heavy atom. The standard InChI is InChI=1S/C20H24N2O6/c23-17-7-3-1-5-15(17)11-21(12-16-6-2-4-8-18(16)24)9-10-22(13-19(25)26)14-20(27)28/h1-8,23-24H,9-14H2,(H,25,26)(H,27,28). The minimum atomic E-state index is -1.10. The Balaban J connectivity index is 2.14. The number of hydrogen-bond acceptors (Lipinski definition) is 6. The lowest BCUT2D eigenvalue weighted by Gasteiger charge is -2.26. The summed E-state index contributed by atoms with van der Waals surface area (Å²) >= 11 is 0. The average Bonchev–Trinajstić information content (AvgIpc) is 2.62. The molecule has 8 nitrogen and oxygen atoms in total. The number of aromatic hydroxyl groups is 2. The molecule has 0 bridgehead atoms. The van der Waals surface area contributed by atoms with Crippen molar-refractivity contribution in [1.82, 2.24) is 9.80 Å². The Bertz CT molecular complexity index is 747. The molecule has 0 aromatic heterocycles. The molecule has 150 valence electrons. The first kappa shape index (κ1) is 21.2. The molecule has 2 aromatic rings. The largest absolute Gasteiger partial charge is 0.508 e. The van der Waals surface area contributed by atoms with Gasteiger partial charge in [0.15, 0.2) is 0 Å². The Morgan fingerprint density at radius 1 is 0.679 bits per heavy atom. The number of benzene rings is 2. The van der Waals surface area contributed by atoms with Crippen molar-refractivity contribution in [2.45, 2.75) is 13.1 Å². The molecule has 0 radical (unpaired) electrons. The van der Waals surface area contributed by atoms with E-state index in [1.807, 2.05) is 4.90 Å². The molecule has 4 N–H and O–H groups in total. The second-order valence-corrected chi connectivity index (χ2v) is 6.47. The van der Waals surface area contributed by atoms with Crippen LogP contribution >= 0.6 is 0 Å². The van der Waals surface area contributed by atoms with Crippen LogP contribution < -0.4 is 0 Å². The predicted octanol–water partition coefficient (Wildman–Crippen LogP) is 1.57. The second kappa shape index (κ2) is 10.3. The summed E-state index contributed by atoms with van der Waals surface area (Å²) in [7, 11) is 0. The van der Waals surface area contributed by atoms with Gasteiger partial charge in [-0.05, 0) is 12.1 Å². The molecule has 0 heterocycles. The number of para-hydroxylation sites is 2. The molecular formula is C20H24N2O6. The van der Waals surface area contributed by atoms with Gasteiger partial charge >= 0.3 is 11.9 Å². The summed E-state index contributed by atoms with van der Waals surface area (Å²) in [5.74, 6) is -1.93. The van der Waals surface area contributed by atoms with Crippen LogP contribution in [-0.2, 0) is 22.7 Å². The van der Waals surface area contributed by atoms with Gasteiger partial charge in [0, 0.05) is 37.3 Å². The van der Waals surface area contributed by atoms with Crippen molar-refractivity contribution in [1.29, 1.82) is 0 Å². The number of phenols is 2. The van der Waals surface area contributed by atoms with Crippen molar-refractivity contribution in [3.05, 3.63) is 59.7 Å². The molecule has 8 heteroatoms. The summed E-state index contributed by atoms with van der Waals surface area (Å²) in [6.45, 7) is 0.508. The molecule has 0 aliphatic rings. The number of phenolic OH excluding ortho intramolecular Hbond substituents is 2. The molecule has 0 spiro atoms. The van der Waals surface area contributed by atoms with E-state index in [-0.39, 0.29) is 31.1 Å². The zero-order valence-electron chi connectivity index (χ0n) is 15.4. The van der Waals surface area contributed by atoms with Crippen LogP contribution in [0, 0.1) is 0 Å². The molecule has 0 saturated heterocycles. The molecule has 2 rings (SSSR count). The van der Waals surface area contributed by atoms with Crippen molar-refractivity contribution < 1.29 is 30.0 Å². The van der Waals surface area contributed by atoms with Gasteiger partial charge in [-0.1, -0.05) is 36.4 Å². The van der Waals surface area contributed by atoms with E-state index in [2.05, 4.69) is 0 Å². The molecule has 0 saturated carbocycles. The number of carboxylic acid groups (broad SMARTS) is 2. The number of aliphatic carboxylic acids is 2. The van der Waals surface area contributed by atoms with Gasteiger partial charge in [-0.15, -0.1) is 0 Å². The van der Waals surface area contributed by atoms with Crippen molar-refractivity contribution in [3.63, 3.8) is 0 Å². The third-order valence-electron chi connectivity index (χ3n) is 4.22. The fourth-order valence-electron chi connectivity index (χ4n) is 2.86. The highest BCUT2D eigenvalue weighted by atomic mass is 16.4. The van der Waals surface area contributed by atoms with Gasteiger partial charge in [0.2, 0.25) is 0 Å². The average molecular weight is 388 g/mol. The van der Waals surface area contributed by atoms with Gasteiger partial charge in [0.25, 0.3) is 0 Å². The zero-order valence-corrected chi connectivity index (χ0v) is 15.4. The summed E-state index contributed by atoms with van der Waals surface area (Å²) in [4.78, 5) is 25.2. The van der Waals surface area contributed by atoms with Crippen LogP contribution in [0.25, 0.3) is 0 Å². The van der Waals surface area contributed by atoms with Crippen LogP contribution in [0.2, 0.25) is 0 Å². The third kappa shape index (κ3) is 6.90. The smallest absolute Gasteiger partial charge is 0.317 e. The monoisotopic (exact) mass is 388 g/mol. The van der Waals surface area contributed by atoms with Crippen LogP contribution in [0.15, 0.2) is 48.5 Å². The molecule has 28 heavy (non-hydrogen) atoms. The molecule has 0 unspecified atom stereocenters. The van der Waals surface area contributed by atoms with Gasteiger partial charge in [-0.25, -0.2) is 0 Å². The van der Waals surface area contributed by atoms with Crippen LogP contribution in [-0.4, -0.2) is 68.3 Å². The maximum atomic E-state index is 11.0. The van der Waals surface area contributed by atoms with Crippen molar-refractivity contribution in [3.8, 4) is 11.5 Å². The number of carbonyl (C=O) groups is 2. The number of rotatable bonds is 11. The van der Waals surface area contributed by atoms with E-state index in [1.165, 1.54) is 4.90 Å². The van der Waals surface area contributed by atoms with Crippen LogP contribution in [0.3, 0.4) is 0 Å². The van der Waals surface area contributed by atoms with Crippen molar-refractivity contribution >= 4 is 11.9 Å². The summed E-state index contributed by atoms with van der Waals surface area (Å²) < 4.78 is 0. The summed E-state index contributed by atoms with van der Waals surface area (Å²) in [6.07, 6.45) is 0. The van der Waals surface area contributed by atoms with E-state index in [9.17, 15) is 19.8 Å². The van der Waals surface area contributed by atoms with Crippen LogP contribution in [0.5, 0.6) is 11.5 Å². The molecule has 0 fully saturated rings. The minimum Gasteiger partial charge on any atom is -0.508 e. The Kier molecular flexibility index (Phi) is 7.79. The van der Waals surface area contributed by atoms with E-state index in [0.29, 0.717) is 30.8 Å². The first-order valence-electron chi connectivity index (χ1n) is 8.77. The Labute approximate surface area is 162 Å². The Morgan fingerprint density at radius 2 is 1.07 bits per heavy atom. The van der Waals surface area contributed by atoms with E-state index >= 15 is 0 Å². The highest BCUT2D eigenvalue weighted by Gasteiger charge is 2.17. The van der Waals surface area contributed by atoms with Gasteiger partial charge < -0.3 is 20.4 Å². The van der Waals surface area contributed by atoms with E-state index in [4.69, 9.17) is 10.2 Å². The summed E-state index contributed by atoms with van der Waals surface area (Å²) in [6, 6.07) is 13.7. The molecular weight excluding hydrogens is 364 g/mol. The first-order valence-corrected chi connectivity index (χ1v) is 8.77. The molecule has 0 amide bonds. The first-order chi connectivity index (χ1) is 13.3. The summed E-state index contributed by atoms with van der Waals surface area (Å²) in [5, 5.41) is 38.1. The van der Waals surface area contributed by atoms with Gasteiger partial charge in [-0.3, -0.25) is 19.4 Å². The lowest BCUT2D eigenvalue weighted by molar-refractivity contribution is -0.141. The van der Waals surface area contributed by atoms with E-state index in [1.54, 1.807) is 48.5 Å². The Hall–Kier alpha value is -3.10. The maximum Gasteiger partial charge on any atom is 0.317 e. The molecule has 2 aromatic carbocycles. The molecule has 0 aliphatic carbocycles. The van der Waals surface area contributed by atoms with Crippen molar-refractivity contribution in [2.24, 2.45) is 0 Å². The van der Waals surface area contributed by atoms with E-state index in [0.717, 1.165) is 0 Å². The van der Waals surface area contributed by atoms with Gasteiger partial charge in [0.05, 0.1) is 13.1 Å². The minimum absolute atomic E-state index is 0.137. The third-order valence-corrected chi connectivity index (χ3v) is 4.22. The molecule has 0 atom stereocenters. The lowest BCUT2D eigenvalue weighted by Crippen LogP contribution is -2.40. The van der Waals surface area contributed by atoms with Crippen LogP contribution in [0.1, 0.15) is 11.1 Å². The molecule has 0 aliphatic heterocycles. The predicted molar refractivity (Wildman–Crippen MR) is 102 cm³/mol. The number of hydrogen-bond donors (Lipinski definition) is 4. The van der Waals surface area contributed by atoms with Crippen LogP contribution in [0.4, 0.5) is 0 Å². The summed E-state index contributed by atoms with van der Waals surface area (Å²) in [5.41, 5.74) is 1.36. The van der Waals surface area contributed by atoms with Gasteiger partial charge in [-0.2, -0.15) is 0 Å². The van der Waals surface area contributed by atoms with E-state index < -0.39 is 11.9 Å². The number of carboxylic acids is 2. The fourth-order valence-corrected chi connectivity index (χ4v) is 2.86. The number of nitrogens with zero attached hydrogens (tertiary/aromatic N) is 2. The SMILES string of the molecule is O=C(O)CN(CCN(Cc1ccccc1O)Cc1ccccc1O)CC(=O)O. The maximum absolute atomic E-state index is 11.0. The fraction of sp³-hybridized carbons (Fsp3) is 0.300. The second-order valence-electron chi connectivity index (χ2n) is 6.47. The van der Waals surface area contributed by atoms with Crippen molar-refractivity contribution in [2.75, 3.05) is 26.2 Å². The lowest BCUT2D eigenvalue weighted by atomic mass is 10.1. The zero-order chi connectivity index (χ0) is 20.5. The quantitative estimate of drug-likeness (QED) is 0.458. The van der Waals surface area contributed by atoms with Gasteiger partial charge in [0.1, 0.15) is 11.5 Å².